The van der Waals surface area contributed by atoms with Crippen molar-refractivity contribution in [3.63, 3.8) is 0 Å². The maximum absolute atomic E-state index is 12.4. The van der Waals surface area contributed by atoms with Gasteiger partial charge in [-0.05, 0) is 38.6 Å². The summed E-state index contributed by atoms with van der Waals surface area (Å²) in [6, 6.07) is 0. The molecule has 3 saturated heterocycles. The van der Waals surface area contributed by atoms with E-state index >= 15 is 0 Å². The number of nitrogens with zero attached hydrogens (tertiary/aromatic N) is 5. The third kappa shape index (κ3) is 5.19. The van der Waals surface area contributed by atoms with Crippen LogP contribution in [0.5, 0.6) is 0 Å². The minimum absolute atomic E-state index is 0.0574. The van der Waals surface area contributed by atoms with E-state index in [1.54, 1.807) is 11.8 Å². The summed E-state index contributed by atoms with van der Waals surface area (Å²) in [5.74, 6) is 0.449. The number of nitrogens with one attached hydrogen (secondary N) is 2. The summed E-state index contributed by atoms with van der Waals surface area (Å²) in [6.45, 7) is 4.88. The first-order valence-corrected chi connectivity index (χ1v) is 12.8. The molecule has 0 aromatic carbocycles. The molecule has 3 fully saturated rings. The van der Waals surface area contributed by atoms with Crippen LogP contribution >= 0.6 is 0 Å². The van der Waals surface area contributed by atoms with E-state index in [0.29, 0.717) is 49.6 Å². The Labute approximate surface area is 213 Å². The van der Waals surface area contributed by atoms with Crippen LogP contribution < -0.4 is 16.4 Å². The molecule has 0 aliphatic carbocycles. The zero-order valence-corrected chi connectivity index (χ0v) is 20.7. The molecule has 5 heterocycles. The van der Waals surface area contributed by atoms with E-state index in [1.165, 1.54) is 10.9 Å². The number of fused-ring (bicyclic) bond motifs is 1. The first kappa shape index (κ1) is 25.6. The molecule has 202 valence electrons. The first-order valence-electron chi connectivity index (χ1n) is 12.8. The summed E-state index contributed by atoms with van der Waals surface area (Å²) < 4.78 is 12.8. The Kier molecular flexibility index (Phi) is 7.42. The van der Waals surface area contributed by atoms with Gasteiger partial charge >= 0.3 is 6.09 Å². The summed E-state index contributed by atoms with van der Waals surface area (Å²) >= 11 is 0. The molecule has 14 heteroatoms. The molecular formula is C23H34N8O6. The normalized spacial score (nSPS) is 28.6. The smallest absolute Gasteiger partial charge is 0.410 e. The molecule has 2 amide bonds. The lowest BCUT2D eigenvalue weighted by atomic mass is 9.93. The van der Waals surface area contributed by atoms with Gasteiger partial charge in [0.15, 0.2) is 23.8 Å². The van der Waals surface area contributed by atoms with Crippen molar-refractivity contribution in [2.75, 3.05) is 38.5 Å². The number of nitrogen functional groups attached to an aromatic ring is 1. The maximum Gasteiger partial charge on any atom is 0.410 e. The molecular weight excluding hydrogens is 484 g/mol. The molecule has 3 aliphatic rings. The number of rotatable bonds is 6. The van der Waals surface area contributed by atoms with Gasteiger partial charge in [0.2, 0.25) is 0 Å². The molecule has 37 heavy (non-hydrogen) atoms. The van der Waals surface area contributed by atoms with Gasteiger partial charge in [0, 0.05) is 32.6 Å². The van der Waals surface area contributed by atoms with Gasteiger partial charge in [-0.1, -0.05) is 0 Å². The van der Waals surface area contributed by atoms with E-state index in [-0.39, 0.29) is 23.9 Å². The Morgan fingerprint density at radius 3 is 2.73 bits per heavy atom. The van der Waals surface area contributed by atoms with Gasteiger partial charge in [-0.2, -0.15) is 0 Å². The fourth-order valence-electron chi connectivity index (χ4n) is 5.17. The lowest BCUT2D eigenvalue weighted by Crippen LogP contribution is -2.42. The third-order valence-corrected chi connectivity index (χ3v) is 7.24. The summed E-state index contributed by atoms with van der Waals surface area (Å²) in [7, 11) is 0. The standard InChI is InChI=1S/C23H34N8O6/c1-2-26-21(34)18-16(32)17(33)22(37-18)31-11-27-15-19(24)28-14(29-20(15)31)9-12-4-7-30(8-5-12)23(35)36-13-3-6-25-10-13/h11-13,16-18,22,25,32-33H,2-10H2,1H3,(H,26,34)(H2,24,28,29)/t13?,16?,17?,18-,22+/m0/s1. The highest BCUT2D eigenvalue weighted by Gasteiger charge is 2.47. The molecule has 0 radical (unpaired) electrons. The molecule has 2 aromatic heterocycles. The van der Waals surface area contributed by atoms with E-state index in [2.05, 4.69) is 25.6 Å². The third-order valence-electron chi connectivity index (χ3n) is 7.24. The van der Waals surface area contributed by atoms with Gasteiger partial charge in [0.25, 0.3) is 5.91 Å². The van der Waals surface area contributed by atoms with Crippen LogP contribution in [0.1, 0.15) is 38.2 Å². The zero-order chi connectivity index (χ0) is 26.1. The second-order valence-electron chi connectivity index (χ2n) is 9.81. The van der Waals surface area contributed by atoms with Gasteiger partial charge < -0.3 is 41.0 Å². The molecule has 3 unspecified atom stereocenters. The van der Waals surface area contributed by atoms with Gasteiger partial charge in [-0.3, -0.25) is 9.36 Å². The van der Waals surface area contributed by atoms with Gasteiger partial charge in [-0.15, -0.1) is 0 Å². The van der Waals surface area contributed by atoms with Crippen molar-refractivity contribution in [2.45, 2.75) is 63.3 Å². The number of carbonyl (C=O) groups is 2. The minimum Gasteiger partial charge on any atom is -0.445 e. The molecule has 2 aromatic rings. The monoisotopic (exact) mass is 518 g/mol. The van der Waals surface area contributed by atoms with Crippen LogP contribution in [-0.2, 0) is 20.7 Å². The number of amides is 2. The topological polar surface area (TPSA) is 190 Å². The fourth-order valence-corrected chi connectivity index (χ4v) is 5.17. The highest BCUT2D eigenvalue weighted by Crippen LogP contribution is 2.32. The van der Waals surface area contributed by atoms with Crippen molar-refractivity contribution >= 4 is 29.0 Å². The molecule has 0 saturated carbocycles. The average molecular weight is 519 g/mol. The summed E-state index contributed by atoms with van der Waals surface area (Å²) in [5.41, 5.74) is 6.86. The lowest BCUT2D eigenvalue weighted by molar-refractivity contribution is -0.137. The van der Waals surface area contributed by atoms with Crippen molar-refractivity contribution in [3.05, 3.63) is 12.2 Å². The van der Waals surface area contributed by atoms with Crippen LogP contribution in [0.3, 0.4) is 0 Å². The Balaban J connectivity index is 1.26. The Hall–Kier alpha value is -3.07. The number of anilines is 1. The number of hydrogen-bond acceptors (Lipinski definition) is 11. The molecule has 14 nitrogen and oxygen atoms in total. The van der Waals surface area contributed by atoms with Crippen LogP contribution in [0.25, 0.3) is 11.2 Å². The summed E-state index contributed by atoms with van der Waals surface area (Å²) in [6.07, 6.45) is -1.02. The maximum atomic E-state index is 12.4. The number of piperidine rings is 1. The predicted octanol–water partition coefficient (Wildman–Crippen LogP) is -1.08. The largest absolute Gasteiger partial charge is 0.445 e. The molecule has 3 aliphatic heterocycles. The Morgan fingerprint density at radius 2 is 2.03 bits per heavy atom. The number of nitrogens with two attached hydrogens (primary N) is 1. The van der Waals surface area contributed by atoms with E-state index in [1.807, 2.05) is 0 Å². The fraction of sp³-hybridized carbons (Fsp3) is 0.696. The van der Waals surface area contributed by atoms with Gasteiger partial charge in [-0.25, -0.2) is 19.7 Å². The first-order chi connectivity index (χ1) is 17.9. The molecule has 5 atom stereocenters. The van der Waals surface area contributed by atoms with Gasteiger partial charge in [0.1, 0.15) is 29.7 Å². The number of carbonyl (C=O) groups excluding carboxylic acids is 2. The van der Waals surface area contributed by atoms with Crippen LogP contribution in [0, 0.1) is 5.92 Å². The van der Waals surface area contributed by atoms with Crippen molar-refractivity contribution in [1.29, 1.82) is 0 Å². The summed E-state index contributed by atoms with van der Waals surface area (Å²) in [5, 5.41) is 26.8. The summed E-state index contributed by atoms with van der Waals surface area (Å²) in [4.78, 5) is 39.8. The average Bonchev–Trinajstić information content (AvgIpc) is 3.60. The van der Waals surface area contributed by atoms with E-state index in [0.717, 1.165) is 25.8 Å². The van der Waals surface area contributed by atoms with E-state index in [4.69, 9.17) is 15.2 Å². The van der Waals surface area contributed by atoms with Crippen LogP contribution in [-0.4, -0.2) is 104 Å². The van der Waals surface area contributed by atoms with E-state index < -0.39 is 30.4 Å². The number of imidazole rings is 1. The van der Waals surface area contributed by atoms with Crippen LogP contribution in [0.2, 0.25) is 0 Å². The van der Waals surface area contributed by atoms with Crippen LogP contribution in [0.15, 0.2) is 6.33 Å². The number of likely N-dealkylation sites (tertiary alicyclic amines) is 1. The van der Waals surface area contributed by atoms with E-state index in [9.17, 15) is 19.8 Å². The molecule has 0 spiro atoms. The number of aromatic nitrogens is 4. The van der Waals surface area contributed by atoms with Gasteiger partial charge in [0.05, 0.1) is 6.33 Å². The molecule has 5 rings (SSSR count). The quantitative estimate of drug-likeness (QED) is 0.312. The van der Waals surface area contributed by atoms with Crippen LogP contribution in [0.4, 0.5) is 10.6 Å². The second kappa shape index (κ2) is 10.7. The van der Waals surface area contributed by atoms with Crippen molar-refractivity contribution in [1.82, 2.24) is 35.1 Å². The lowest BCUT2D eigenvalue weighted by Gasteiger charge is -2.31. The Morgan fingerprint density at radius 1 is 1.24 bits per heavy atom. The highest BCUT2D eigenvalue weighted by molar-refractivity contribution is 5.83. The number of ether oxygens (including phenoxy) is 2. The minimum atomic E-state index is -1.41. The predicted molar refractivity (Wildman–Crippen MR) is 130 cm³/mol. The molecule has 6 N–H and O–H groups in total. The second-order valence-corrected chi connectivity index (χ2v) is 9.81. The SMILES string of the molecule is CCNC(=O)[C@H]1O[C@@H](n2cnc3c(N)nc(CC4CCN(C(=O)OC5CCNC5)CC4)nc32)C(O)C1O. The van der Waals surface area contributed by atoms with Crippen molar-refractivity contribution in [2.24, 2.45) is 5.92 Å². The highest BCUT2D eigenvalue weighted by atomic mass is 16.6. The zero-order valence-electron chi connectivity index (χ0n) is 20.7. The number of aliphatic hydroxyl groups is 2. The number of likely N-dealkylation sites (N-methyl/N-ethyl adjacent to an activating group) is 1. The van der Waals surface area contributed by atoms with Crippen molar-refractivity contribution in [3.8, 4) is 0 Å². The number of hydrogen-bond donors (Lipinski definition) is 5. The molecule has 0 bridgehead atoms. The number of aliphatic hydroxyl groups excluding tert-OH is 2. The Bertz CT molecular complexity index is 1130. The van der Waals surface area contributed by atoms with Crippen molar-refractivity contribution < 1.29 is 29.3 Å².